The lowest BCUT2D eigenvalue weighted by atomic mass is 9.94. The molecule has 0 bridgehead atoms. The van der Waals surface area contributed by atoms with Crippen LogP contribution in [0.1, 0.15) is 25.3 Å². The lowest BCUT2D eigenvalue weighted by Crippen LogP contribution is -2.28. The molecule has 2 atom stereocenters. The summed E-state index contributed by atoms with van der Waals surface area (Å²) in [5.41, 5.74) is 0.726. The molecule has 1 aromatic carbocycles. The van der Waals surface area contributed by atoms with Crippen molar-refractivity contribution < 1.29 is 24.1 Å². The Kier molecular flexibility index (Phi) is 5.63. The van der Waals surface area contributed by atoms with Gasteiger partial charge in [-0.15, -0.1) is 0 Å². The largest absolute Gasteiger partial charge is 0.497 e. The van der Waals surface area contributed by atoms with E-state index in [-0.39, 0.29) is 6.61 Å². The topological polar surface area (TPSA) is 65.0 Å². The van der Waals surface area contributed by atoms with Gasteiger partial charge < -0.3 is 19.3 Å². The van der Waals surface area contributed by atoms with Crippen LogP contribution >= 0.6 is 0 Å². The highest BCUT2D eigenvalue weighted by Crippen LogP contribution is 2.32. The van der Waals surface area contributed by atoms with Gasteiger partial charge in [-0.3, -0.25) is 0 Å². The maximum atomic E-state index is 11.5. The van der Waals surface area contributed by atoms with Gasteiger partial charge in [0, 0.05) is 17.5 Å². The van der Waals surface area contributed by atoms with E-state index in [4.69, 9.17) is 14.2 Å². The molecule has 1 N–H and O–H groups in total. The molecule has 0 fully saturated rings. The highest BCUT2D eigenvalue weighted by molar-refractivity contribution is 5.76. The maximum Gasteiger partial charge on any atom is 0.335 e. The Morgan fingerprint density at radius 1 is 1.32 bits per heavy atom. The zero-order valence-electron chi connectivity index (χ0n) is 11.7. The molecule has 0 aromatic heterocycles. The Balaban J connectivity index is 2.98. The molecule has 5 heteroatoms. The number of hydrogen-bond donors (Lipinski definition) is 1. The van der Waals surface area contributed by atoms with Gasteiger partial charge in [0.05, 0.1) is 20.8 Å². The van der Waals surface area contributed by atoms with Crippen molar-refractivity contribution in [2.24, 2.45) is 0 Å². The number of rotatable bonds is 6. The van der Waals surface area contributed by atoms with Crippen LogP contribution in [0.25, 0.3) is 0 Å². The van der Waals surface area contributed by atoms with Crippen LogP contribution in [0, 0.1) is 0 Å². The molecule has 5 nitrogen and oxygen atoms in total. The monoisotopic (exact) mass is 268 g/mol. The summed E-state index contributed by atoms with van der Waals surface area (Å²) >= 11 is 0. The third-order valence-corrected chi connectivity index (χ3v) is 2.93. The summed E-state index contributed by atoms with van der Waals surface area (Å²) in [7, 11) is 3.09. The molecule has 0 amide bonds. The molecule has 0 spiro atoms. The molecule has 106 valence electrons. The second kappa shape index (κ2) is 6.99. The number of hydrogen-bond acceptors (Lipinski definition) is 5. The van der Waals surface area contributed by atoms with E-state index in [1.807, 2.05) is 0 Å². The smallest absolute Gasteiger partial charge is 0.335 e. The van der Waals surface area contributed by atoms with E-state index in [1.165, 1.54) is 7.11 Å². The summed E-state index contributed by atoms with van der Waals surface area (Å²) in [4.78, 5) is 11.5. The van der Waals surface area contributed by atoms with Gasteiger partial charge in [0.2, 0.25) is 0 Å². The zero-order valence-corrected chi connectivity index (χ0v) is 11.7. The van der Waals surface area contributed by atoms with Crippen molar-refractivity contribution in [1.82, 2.24) is 0 Å². The van der Waals surface area contributed by atoms with Crippen molar-refractivity contribution in [2.45, 2.75) is 25.9 Å². The number of aliphatic hydroxyl groups is 1. The zero-order chi connectivity index (χ0) is 14.4. The van der Waals surface area contributed by atoms with Gasteiger partial charge in [-0.2, -0.15) is 0 Å². The quantitative estimate of drug-likeness (QED) is 0.796. The van der Waals surface area contributed by atoms with Crippen molar-refractivity contribution in [2.75, 3.05) is 20.8 Å². The summed E-state index contributed by atoms with van der Waals surface area (Å²) in [5.74, 6) is 0.154. The molecule has 1 aromatic rings. The molecular formula is C14H20O5. The third-order valence-electron chi connectivity index (χ3n) is 2.93. The Morgan fingerprint density at radius 2 is 2.00 bits per heavy atom. The Bertz CT molecular complexity index is 430. The Morgan fingerprint density at radius 3 is 2.53 bits per heavy atom. The first-order valence-corrected chi connectivity index (χ1v) is 6.11. The van der Waals surface area contributed by atoms with E-state index in [0.717, 1.165) is 5.56 Å². The fourth-order valence-corrected chi connectivity index (χ4v) is 1.80. The molecule has 1 rings (SSSR count). The first kappa shape index (κ1) is 15.3. The lowest BCUT2D eigenvalue weighted by molar-refractivity contribution is -0.154. The van der Waals surface area contributed by atoms with Crippen molar-refractivity contribution in [3.05, 3.63) is 23.8 Å². The lowest BCUT2D eigenvalue weighted by Gasteiger charge is -2.20. The van der Waals surface area contributed by atoms with Crippen LogP contribution in [0.5, 0.6) is 11.5 Å². The van der Waals surface area contributed by atoms with Gasteiger partial charge in [-0.05, 0) is 13.0 Å². The third kappa shape index (κ3) is 3.61. The molecule has 0 aliphatic carbocycles. The average molecular weight is 268 g/mol. The summed E-state index contributed by atoms with van der Waals surface area (Å²) in [6.07, 6.45) is -1.22. The van der Waals surface area contributed by atoms with E-state index in [9.17, 15) is 9.90 Å². The first-order chi connectivity index (χ1) is 9.04. The van der Waals surface area contributed by atoms with E-state index in [2.05, 4.69) is 0 Å². The van der Waals surface area contributed by atoms with Crippen LogP contribution in [0.15, 0.2) is 18.2 Å². The molecule has 2 unspecified atom stereocenters. The van der Waals surface area contributed by atoms with Crippen LogP contribution in [0.2, 0.25) is 0 Å². The minimum absolute atomic E-state index is 0.238. The summed E-state index contributed by atoms with van der Waals surface area (Å²) < 4.78 is 15.2. The molecular weight excluding hydrogens is 248 g/mol. The fourth-order valence-electron chi connectivity index (χ4n) is 1.80. The van der Waals surface area contributed by atoms with Crippen molar-refractivity contribution in [1.29, 1.82) is 0 Å². The molecule has 19 heavy (non-hydrogen) atoms. The van der Waals surface area contributed by atoms with E-state index < -0.39 is 18.0 Å². The predicted octanol–water partition coefficient (Wildman–Crippen LogP) is 1.73. The maximum absolute atomic E-state index is 11.5. The standard InChI is InChI=1S/C14H20O5/c1-5-19-14(16)13(15)9(2)11-7-6-10(17-3)8-12(11)18-4/h6-9,13,15H,5H2,1-4H3. The highest BCUT2D eigenvalue weighted by Gasteiger charge is 2.27. The SMILES string of the molecule is CCOC(=O)C(O)C(C)c1ccc(OC)cc1OC. The molecule has 0 saturated carbocycles. The van der Waals surface area contributed by atoms with Gasteiger partial charge in [0.1, 0.15) is 11.5 Å². The van der Waals surface area contributed by atoms with Crippen molar-refractivity contribution in [3.63, 3.8) is 0 Å². The predicted molar refractivity (Wildman–Crippen MR) is 70.6 cm³/mol. The number of benzene rings is 1. The molecule has 0 aliphatic rings. The van der Waals surface area contributed by atoms with Crippen LogP contribution < -0.4 is 9.47 Å². The van der Waals surface area contributed by atoms with E-state index in [1.54, 1.807) is 39.2 Å². The minimum atomic E-state index is -1.22. The molecule has 0 heterocycles. The number of esters is 1. The van der Waals surface area contributed by atoms with Crippen LogP contribution in [-0.2, 0) is 9.53 Å². The number of methoxy groups -OCH3 is 2. The summed E-state index contributed by atoms with van der Waals surface area (Å²) in [6.45, 7) is 3.68. The van der Waals surface area contributed by atoms with Gasteiger partial charge in [-0.1, -0.05) is 13.0 Å². The second-order valence-electron chi connectivity index (χ2n) is 4.09. The number of carbonyl (C=O) groups excluding carboxylic acids is 1. The normalized spacial score (nSPS) is 13.5. The van der Waals surface area contributed by atoms with Gasteiger partial charge in [0.15, 0.2) is 6.10 Å². The van der Waals surface area contributed by atoms with Crippen LogP contribution in [0.3, 0.4) is 0 Å². The summed E-state index contributed by atoms with van der Waals surface area (Å²) in [5, 5.41) is 9.96. The summed E-state index contributed by atoms with van der Waals surface area (Å²) in [6, 6.07) is 5.24. The van der Waals surface area contributed by atoms with Gasteiger partial charge in [0.25, 0.3) is 0 Å². The van der Waals surface area contributed by atoms with E-state index >= 15 is 0 Å². The second-order valence-corrected chi connectivity index (χ2v) is 4.09. The molecule has 0 aliphatic heterocycles. The van der Waals surface area contributed by atoms with Crippen LogP contribution in [0.4, 0.5) is 0 Å². The van der Waals surface area contributed by atoms with Gasteiger partial charge >= 0.3 is 5.97 Å². The minimum Gasteiger partial charge on any atom is -0.497 e. The Labute approximate surface area is 113 Å². The fraction of sp³-hybridized carbons (Fsp3) is 0.500. The van der Waals surface area contributed by atoms with Gasteiger partial charge in [-0.25, -0.2) is 4.79 Å². The molecule has 0 saturated heterocycles. The number of aliphatic hydroxyl groups excluding tert-OH is 1. The van der Waals surface area contributed by atoms with Crippen LogP contribution in [-0.4, -0.2) is 38.0 Å². The van der Waals surface area contributed by atoms with Crippen molar-refractivity contribution >= 4 is 5.97 Å². The first-order valence-electron chi connectivity index (χ1n) is 6.11. The average Bonchev–Trinajstić information content (AvgIpc) is 2.45. The number of carbonyl (C=O) groups is 1. The Hall–Kier alpha value is -1.75. The van der Waals surface area contributed by atoms with Crippen molar-refractivity contribution in [3.8, 4) is 11.5 Å². The number of ether oxygens (including phenoxy) is 3. The highest BCUT2D eigenvalue weighted by atomic mass is 16.5. The molecule has 0 radical (unpaired) electrons. The van der Waals surface area contributed by atoms with E-state index in [0.29, 0.717) is 11.5 Å².